The Morgan fingerprint density at radius 2 is 0.942 bits per heavy atom. The average molecular weight is 789 g/mol. The number of halogens is 4. The molecule has 0 saturated carbocycles. The molecule has 0 bridgehead atoms. The Morgan fingerprint density at radius 3 is 1.25 bits per heavy atom. The van der Waals surface area contributed by atoms with Crippen molar-refractivity contribution in [2.45, 2.75) is 64.5 Å². The summed E-state index contributed by atoms with van der Waals surface area (Å²) in [6.07, 6.45) is 3.29. The van der Waals surface area contributed by atoms with Gasteiger partial charge in [0.1, 0.15) is 11.4 Å². The molecule has 2 aromatic heterocycles. The van der Waals surface area contributed by atoms with Gasteiger partial charge in [-0.15, -0.1) is 0 Å². The Labute approximate surface area is 323 Å². The van der Waals surface area contributed by atoms with Gasteiger partial charge in [-0.25, -0.2) is 19.9 Å². The van der Waals surface area contributed by atoms with Crippen LogP contribution in [-0.2, 0) is 0 Å². The van der Waals surface area contributed by atoms with Crippen molar-refractivity contribution in [1.29, 1.82) is 0 Å². The Morgan fingerprint density at radius 1 is 0.615 bits per heavy atom. The number of anilines is 2. The second kappa shape index (κ2) is 15.7. The second-order valence-corrected chi connectivity index (χ2v) is 15.4. The summed E-state index contributed by atoms with van der Waals surface area (Å²) in [6.45, 7) is 10.6. The predicted molar refractivity (Wildman–Crippen MR) is 210 cm³/mol. The Balaban J connectivity index is 0.000000201. The van der Waals surface area contributed by atoms with Crippen LogP contribution in [-0.4, -0.2) is 69.0 Å². The minimum absolute atomic E-state index is 0.137. The fraction of sp³-hybridized carbons (Fsp3) is 0.389. The van der Waals surface area contributed by atoms with Crippen LogP contribution in [0.3, 0.4) is 0 Å². The molecule has 4 aromatic rings. The van der Waals surface area contributed by atoms with E-state index in [9.17, 15) is 9.59 Å². The molecule has 2 fully saturated rings. The van der Waals surface area contributed by atoms with E-state index in [1.165, 1.54) is 0 Å². The first-order chi connectivity index (χ1) is 24.4. The highest BCUT2D eigenvalue weighted by molar-refractivity contribution is 6.44. The molecule has 0 atom stereocenters. The first-order valence-electron chi connectivity index (χ1n) is 16.7. The number of hydrogen-bond donors (Lipinski definition) is 4. The second-order valence-electron chi connectivity index (χ2n) is 13.9. The number of piperidine rings is 2. The van der Waals surface area contributed by atoms with Gasteiger partial charge in [0.25, 0.3) is 11.8 Å². The molecule has 2 aromatic carbocycles. The van der Waals surface area contributed by atoms with E-state index in [1.807, 2.05) is 23.6 Å². The van der Waals surface area contributed by atoms with Gasteiger partial charge in [0.2, 0.25) is 11.9 Å². The molecule has 6 rings (SSSR count). The Bertz CT molecular complexity index is 1860. The van der Waals surface area contributed by atoms with Crippen molar-refractivity contribution in [3.05, 3.63) is 79.3 Å². The van der Waals surface area contributed by atoms with Crippen molar-refractivity contribution in [2.24, 2.45) is 22.9 Å². The van der Waals surface area contributed by atoms with E-state index in [1.54, 1.807) is 50.2 Å². The van der Waals surface area contributed by atoms with Crippen LogP contribution < -0.4 is 32.7 Å². The van der Waals surface area contributed by atoms with Crippen molar-refractivity contribution < 1.29 is 9.59 Å². The number of rotatable bonds is 6. The summed E-state index contributed by atoms with van der Waals surface area (Å²) < 4.78 is 0. The lowest BCUT2D eigenvalue weighted by molar-refractivity contribution is 0.0987. The molecule has 276 valence electrons. The van der Waals surface area contributed by atoms with E-state index < -0.39 is 11.8 Å². The number of carbonyl (C=O) groups excluding carboxylic acids is 2. The maximum absolute atomic E-state index is 12.1. The zero-order valence-electron chi connectivity index (χ0n) is 29.4. The van der Waals surface area contributed by atoms with E-state index in [0.717, 1.165) is 51.9 Å². The highest BCUT2D eigenvalue weighted by atomic mass is 35.5. The molecular formula is C36H42Cl4N10O2. The summed E-state index contributed by atoms with van der Waals surface area (Å²) in [4.78, 5) is 46.3. The highest BCUT2D eigenvalue weighted by Gasteiger charge is 2.30. The number of benzene rings is 2. The van der Waals surface area contributed by atoms with Crippen LogP contribution in [0, 0.1) is 13.8 Å². The van der Waals surface area contributed by atoms with Crippen LogP contribution in [0.1, 0.15) is 71.9 Å². The van der Waals surface area contributed by atoms with Crippen LogP contribution in [0.2, 0.25) is 20.1 Å². The van der Waals surface area contributed by atoms with E-state index in [4.69, 9.17) is 69.3 Å². The fourth-order valence-electron chi connectivity index (χ4n) is 6.23. The van der Waals surface area contributed by atoms with Gasteiger partial charge in [-0.3, -0.25) is 9.59 Å². The maximum atomic E-state index is 12.1. The summed E-state index contributed by atoms with van der Waals surface area (Å²) in [6, 6.07) is 10.4. The van der Waals surface area contributed by atoms with E-state index in [0.29, 0.717) is 65.6 Å². The molecule has 0 radical (unpaired) electrons. The van der Waals surface area contributed by atoms with Crippen molar-refractivity contribution >= 4 is 70.1 Å². The van der Waals surface area contributed by atoms with E-state index in [2.05, 4.69) is 19.9 Å². The fourth-order valence-corrected chi connectivity index (χ4v) is 7.02. The molecule has 0 unspecified atom stereocenters. The summed E-state index contributed by atoms with van der Waals surface area (Å²) >= 11 is 24.9. The molecule has 52 heavy (non-hydrogen) atoms. The van der Waals surface area contributed by atoms with Crippen molar-refractivity contribution in [3.63, 3.8) is 0 Å². The third kappa shape index (κ3) is 8.70. The number of amides is 2. The number of nitrogens with zero attached hydrogens (tertiary/aromatic N) is 6. The number of aromatic nitrogens is 4. The highest BCUT2D eigenvalue weighted by Crippen LogP contribution is 2.38. The minimum atomic E-state index is -0.636. The molecule has 2 aliphatic heterocycles. The van der Waals surface area contributed by atoms with Crippen LogP contribution in [0.5, 0.6) is 0 Å². The quantitative estimate of drug-likeness (QED) is 0.171. The standard InChI is InChI=1S/2C18H21Cl2N5O/c2*1-10-13(11-4-3-5-12(19)14(11)20)15(16(21)26)24-17(23-10)25-8-6-18(2,22)7-9-25/h2*3-5H,6-9,22H2,1-2H3,(H2,21,26). The molecule has 2 aliphatic rings. The number of hydrogen-bond acceptors (Lipinski definition) is 10. The summed E-state index contributed by atoms with van der Waals surface area (Å²) in [5, 5.41) is 1.46. The molecule has 0 spiro atoms. The zero-order valence-corrected chi connectivity index (χ0v) is 32.5. The van der Waals surface area contributed by atoms with Gasteiger partial charge in [-0.05, 0) is 65.5 Å². The Kier molecular flexibility index (Phi) is 11.9. The number of primary amides is 2. The zero-order chi connectivity index (χ0) is 38.1. The van der Waals surface area contributed by atoms with Gasteiger partial charge in [0.05, 0.1) is 31.5 Å². The van der Waals surface area contributed by atoms with Gasteiger partial charge >= 0.3 is 0 Å². The van der Waals surface area contributed by atoms with Gasteiger partial charge in [0.15, 0.2) is 0 Å². The first kappa shape index (κ1) is 39.4. The predicted octanol–water partition coefficient (Wildman–Crippen LogP) is 6.35. The van der Waals surface area contributed by atoms with Crippen LogP contribution in [0.4, 0.5) is 11.9 Å². The normalized spacial score (nSPS) is 16.6. The smallest absolute Gasteiger partial charge is 0.268 e. The lowest BCUT2D eigenvalue weighted by Crippen LogP contribution is -2.48. The molecule has 4 heterocycles. The van der Waals surface area contributed by atoms with Crippen LogP contribution >= 0.6 is 46.4 Å². The van der Waals surface area contributed by atoms with Gasteiger partial charge < -0.3 is 32.7 Å². The van der Waals surface area contributed by atoms with E-state index >= 15 is 0 Å². The lowest BCUT2D eigenvalue weighted by atomic mass is 9.91. The van der Waals surface area contributed by atoms with Crippen LogP contribution in [0.25, 0.3) is 22.3 Å². The third-order valence-corrected chi connectivity index (χ3v) is 11.1. The largest absolute Gasteiger partial charge is 0.364 e. The van der Waals surface area contributed by atoms with E-state index in [-0.39, 0.29) is 22.5 Å². The monoisotopic (exact) mass is 786 g/mol. The first-order valence-corrected chi connectivity index (χ1v) is 18.2. The lowest BCUT2D eigenvalue weighted by Gasteiger charge is -2.37. The molecule has 16 heteroatoms. The molecule has 2 saturated heterocycles. The maximum Gasteiger partial charge on any atom is 0.268 e. The molecule has 12 nitrogen and oxygen atoms in total. The summed E-state index contributed by atoms with van der Waals surface area (Å²) in [5.74, 6) is -0.311. The molecule has 8 N–H and O–H groups in total. The Hall–Kier alpha value is -3.78. The summed E-state index contributed by atoms with van der Waals surface area (Å²) in [7, 11) is 0. The van der Waals surface area contributed by atoms with Crippen molar-refractivity contribution in [2.75, 3.05) is 36.0 Å². The van der Waals surface area contributed by atoms with Gasteiger partial charge in [-0.1, -0.05) is 70.7 Å². The minimum Gasteiger partial charge on any atom is -0.364 e. The topological polar surface area (TPSA) is 196 Å². The van der Waals surface area contributed by atoms with Gasteiger partial charge in [0, 0.05) is 59.5 Å². The molecular weight excluding hydrogens is 746 g/mol. The van der Waals surface area contributed by atoms with Gasteiger partial charge in [-0.2, -0.15) is 0 Å². The SMILES string of the molecule is Cc1nc(N2CCC(C)(N)CC2)nc(C(N)=O)c1-c1cccc(Cl)c1Cl.Cc1nc(N2CCC(C)(N)CC2)nc(C(N)=O)c1-c1cccc(Cl)c1Cl. The molecule has 2 amide bonds. The average Bonchev–Trinajstić information content (AvgIpc) is 3.07. The third-order valence-electron chi connectivity index (χ3n) is 9.44. The van der Waals surface area contributed by atoms with Crippen LogP contribution in [0.15, 0.2) is 36.4 Å². The number of nitrogens with two attached hydrogens (primary N) is 4. The number of aryl methyl sites for hydroxylation is 2. The van der Waals surface area contributed by atoms with Crippen molar-refractivity contribution in [3.8, 4) is 22.3 Å². The van der Waals surface area contributed by atoms with Crippen molar-refractivity contribution in [1.82, 2.24) is 19.9 Å². The molecule has 0 aliphatic carbocycles. The summed E-state index contributed by atoms with van der Waals surface area (Å²) in [5.41, 5.74) is 26.9. The number of carbonyl (C=O) groups is 2.